The molecule has 1 aliphatic carbocycles. The highest BCUT2D eigenvalue weighted by Gasteiger charge is 2.19. The Morgan fingerprint density at radius 1 is 1.06 bits per heavy atom. The van der Waals surface area contributed by atoms with E-state index in [0.29, 0.717) is 5.92 Å². The molecular formula is C17H17N. The molecular weight excluding hydrogens is 218 g/mol. The molecule has 1 aromatic rings. The molecule has 0 bridgehead atoms. The standard InChI is InChI=1S/C17H17N/c1-18-12-11-17(14-7-3-2-4-8-14)16-10-6-5-9-15(16)13-18/h2-12,15H,13H2,1H3. The summed E-state index contributed by atoms with van der Waals surface area (Å²) in [6, 6.07) is 10.6. The van der Waals surface area contributed by atoms with Gasteiger partial charge in [0.05, 0.1) is 0 Å². The third kappa shape index (κ3) is 2.04. The van der Waals surface area contributed by atoms with E-state index in [2.05, 4.69) is 78.9 Å². The van der Waals surface area contributed by atoms with Crippen molar-refractivity contribution in [3.63, 3.8) is 0 Å². The van der Waals surface area contributed by atoms with Crippen molar-refractivity contribution in [2.24, 2.45) is 5.92 Å². The van der Waals surface area contributed by atoms with Gasteiger partial charge in [-0.15, -0.1) is 0 Å². The van der Waals surface area contributed by atoms with Crippen LogP contribution in [-0.4, -0.2) is 18.5 Å². The Labute approximate surface area is 108 Å². The van der Waals surface area contributed by atoms with Crippen LogP contribution in [0.4, 0.5) is 0 Å². The largest absolute Gasteiger partial charge is 0.379 e. The van der Waals surface area contributed by atoms with E-state index in [1.807, 2.05) is 0 Å². The van der Waals surface area contributed by atoms with Crippen molar-refractivity contribution >= 4 is 5.57 Å². The Morgan fingerprint density at radius 3 is 2.72 bits per heavy atom. The number of hydrogen-bond acceptors (Lipinski definition) is 1. The van der Waals surface area contributed by atoms with Crippen LogP contribution in [-0.2, 0) is 0 Å². The van der Waals surface area contributed by atoms with Crippen molar-refractivity contribution in [2.75, 3.05) is 13.6 Å². The molecule has 0 spiro atoms. The smallest absolute Gasteiger partial charge is 0.0273 e. The van der Waals surface area contributed by atoms with Gasteiger partial charge in [-0.25, -0.2) is 0 Å². The van der Waals surface area contributed by atoms with E-state index in [4.69, 9.17) is 0 Å². The Kier molecular flexibility index (Phi) is 2.89. The Hall–Kier alpha value is -2.02. The lowest BCUT2D eigenvalue weighted by Gasteiger charge is -2.21. The molecule has 0 N–H and O–H groups in total. The summed E-state index contributed by atoms with van der Waals surface area (Å²) in [7, 11) is 2.13. The molecule has 1 heteroatoms. The van der Waals surface area contributed by atoms with E-state index < -0.39 is 0 Å². The molecule has 0 saturated carbocycles. The predicted molar refractivity (Wildman–Crippen MR) is 76.9 cm³/mol. The van der Waals surface area contributed by atoms with Gasteiger partial charge in [0.15, 0.2) is 0 Å². The molecule has 0 amide bonds. The van der Waals surface area contributed by atoms with Crippen LogP contribution in [0, 0.1) is 5.92 Å². The van der Waals surface area contributed by atoms with Crippen molar-refractivity contribution in [1.29, 1.82) is 0 Å². The van der Waals surface area contributed by atoms with Crippen molar-refractivity contribution in [3.8, 4) is 0 Å². The minimum absolute atomic E-state index is 0.491. The Morgan fingerprint density at radius 2 is 1.89 bits per heavy atom. The Bertz CT molecular complexity index is 546. The van der Waals surface area contributed by atoms with Crippen LogP contribution in [0.5, 0.6) is 0 Å². The maximum atomic E-state index is 2.29. The van der Waals surface area contributed by atoms with Gasteiger partial charge in [0.1, 0.15) is 0 Å². The zero-order valence-electron chi connectivity index (χ0n) is 10.6. The van der Waals surface area contributed by atoms with Crippen LogP contribution >= 0.6 is 0 Å². The van der Waals surface area contributed by atoms with E-state index in [9.17, 15) is 0 Å². The number of allylic oxidation sites excluding steroid dienone is 5. The maximum Gasteiger partial charge on any atom is 0.0273 e. The van der Waals surface area contributed by atoms with Crippen molar-refractivity contribution in [1.82, 2.24) is 4.90 Å². The molecule has 0 fully saturated rings. The number of hydrogen-bond donors (Lipinski definition) is 0. The fourth-order valence-electron chi connectivity index (χ4n) is 2.58. The zero-order chi connectivity index (χ0) is 12.4. The number of nitrogens with zero attached hydrogens (tertiary/aromatic N) is 1. The summed E-state index contributed by atoms with van der Waals surface area (Å²) < 4.78 is 0. The first-order chi connectivity index (χ1) is 8.84. The quantitative estimate of drug-likeness (QED) is 0.718. The van der Waals surface area contributed by atoms with Gasteiger partial charge in [-0.3, -0.25) is 0 Å². The third-order valence-electron chi connectivity index (χ3n) is 3.51. The summed E-state index contributed by atoms with van der Waals surface area (Å²) in [5.74, 6) is 0.491. The summed E-state index contributed by atoms with van der Waals surface area (Å²) in [5.41, 5.74) is 4.05. The van der Waals surface area contributed by atoms with Crippen molar-refractivity contribution < 1.29 is 0 Å². The maximum absolute atomic E-state index is 2.29. The van der Waals surface area contributed by atoms with E-state index in [-0.39, 0.29) is 0 Å². The first kappa shape index (κ1) is 11.1. The van der Waals surface area contributed by atoms with Crippen molar-refractivity contribution in [2.45, 2.75) is 0 Å². The van der Waals surface area contributed by atoms with E-state index in [1.54, 1.807) is 0 Å². The van der Waals surface area contributed by atoms with Crippen LogP contribution in [0.25, 0.3) is 5.57 Å². The first-order valence-electron chi connectivity index (χ1n) is 6.37. The van der Waals surface area contributed by atoms with E-state index in [1.165, 1.54) is 16.7 Å². The lowest BCUT2D eigenvalue weighted by molar-refractivity contribution is 0.425. The summed E-state index contributed by atoms with van der Waals surface area (Å²) in [6.45, 7) is 1.04. The lowest BCUT2D eigenvalue weighted by atomic mass is 9.88. The van der Waals surface area contributed by atoms with E-state index >= 15 is 0 Å². The molecule has 1 aromatic carbocycles. The van der Waals surface area contributed by atoms with Gasteiger partial charge in [-0.05, 0) is 29.0 Å². The first-order valence-corrected chi connectivity index (χ1v) is 6.37. The monoisotopic (exact) mass is 235 g/mol. The average molecular weight is 235 g/mol. The second-order valence-corrected chi connectivity index (χ2v) is 4.84. The number of benzene rings is 1. The molecule has 0 saturated heterocycles. The topological polar surface area (TPSA) is 3.24 Å². The second-order valence-electron chi connectivity index (χ2n) is 4.84. The summed E-state index contributed by atoms with van der Waals surface area (Å²) >= 11 is 0. The normalized spacial score (nSPS) is 22.1. The highest BCUT2D eigenvalue weighted by molar-refractivity contribution is 5.79. The van der Waals surface area contributed by atoms with Gasteiger partial charge < -0.3 is 4.90 Å². The van der Waals surface area contributed by atoms with Gasteiger partial charge in [0.25, 0.3) is 0 Å². The molecule has 1 aliphatic heterocycles. The van der Waals surface area contributed by atoms with Crippen LogP contribution < -0.4 is 0 Å². The van der Waals surface area contributed by atoms with Crippen molar-refractivity contribution in [3.05, 3.63) is 78.0 Å². The zero-order valence-corrected chi connectivity index (χ0v) is 10.6. The molecule has 1 atom stereocenters. The van der Waals surface area contributed by atoms with Gasteiger partial charge >= 0.3 is 0 Å². The SMILES string of the molecule is CN1C=CC(c2ccccc2)=C2C=CC=CC2C1. The fourth-order valence-corrected chi connectivity index (χ4v) is 2.58. The highest BCUT2D eigenvalue weighted by Crippen LogP contribution is 2.31. The Balaban J connectivity index is 2.13. The number of fused-ring (bicyclic) bond motifs is 1. The summed E-state index contributed by atoms with van der Waals surface area (Å²) in [5, 5.41) is 0. The molecule has 18 heavy (non-hydrogen) atoms. The summed E-state index contributed by atoms with van der Waals surface area (Å²) in [4.78, 5) is 2.25. The molecule has 3 rings (SSSR count). The fraction of sp³-hybridized carbons (Fsp3) is 0.176. The van der Waals surface area contributed by atoms with Crippen LogP contribution in [0.1, 0.15) is 5.56 Å². The molecule has 90 valence electrons. The highest BCUT2D eigenvalue weighted by atomic mass is 15.1. The lowest BCUT2D eigenvalue weighted by Crippen LogP contribution is -2.20. The second kappa shape index (κ2) is 4.69. The molecule has 1 unspecified atom stereocenters. The third-order valence-corrected chi connectivity index (χ3v) is 3.51. The van der Waals surface area contributed by atoms with Gasteiger partial charge in [0.2, 0.25) is 0 Å². The summed E-state index contributed by atoms with van der Waals surface area (Å²) in [6.07, 6.45) is 13.2. The van der Waals surface area contributed by atoms with Crippen LogP contribution in [0.3, 0.4) is 0 Å². The average Bonchev–Trinajstić information content (AvgIpc) is 2.58. The van der Waals surface area contributed by atoms with Gasteiger partial charge in [0, 0.05) is 19.5 Å². The minimum atomic E-state index is 0.491. The molecule has 0 aromatic heterocycles. The van der Waals surface area contributed by atoms with Gasteiger partial charge in [-0.1, -0.05) is 54.6 Å². The van der Waals surface area contributed by atoms with Gasteiger partial charge in [-0.2, -0.15) is 0 Å². The van der Waals surface area contributed by atoms with Crippen LogP contribution in [0.15, 0.2) is 72.5 Å². The molecule has 0 radical (unpaired) electrons. The molecule has 1 heterocycles. The predicted octanol–water partition coefficient (Wildman–Crippen LogP) is 3.64. The molecule has 1 nitrogen and oxygen atoms in total. The van der Waals surface area contributed by atoms with Crippen LogP contribution in [0.2, 0.25) is 0 Å². The minimum Gasteiger partial charge on any atom is -0.379 e. The molecule has 2 aliphatic rings. The number of rotatable bonds is 1. The van der Waals surface area contributed by atoms with E-state index in [0.717, 1.165) is 6.54 Å².